The molecule has 0 saturated heterocycles. The lowest BCUT2D eigenvalue weighted by atomic mass is 10.1. The van der Waals surface area contributed by atoms with Crippen molar-refractivity contribution in [1.29, 1.82) is 0 Å². The molecule has 0 fully saturated rings. The first-order chi connectivity index (χ1) is 11.6. The molecule has 0 aliphatic carbocycles. The highest BCUT2D eigenvalue weighted by Gasteiger charge is 2.14. The van der Waals surface area contributed by atoms with E-state index in [4.69, 9.17) is 4.99 Å². The van der Waals surface area contributed by atoms with E-state index in [1.54, 1.807) is 0 Å². The number of aryl methyl sites for hydroxylation is 2. The number of guanidine groups is 1. The molecule has 5 nitrogen and oxygen atoms in total. The van der Waals surface area contributed by atoms with Gasteiger partial charge in [0.25, 0.3) is 0 Å². The third kappa shape index (κ3) is 5.73. The average molecular weight is 455 g/mol. The molecule has 0 radical (unpaired) electrons. The molecule has 0 aliphatic heterocycles. The number of benzene rings is 1. The van der Waals surface area contributed by atoms with Gasteiger partial charge >= 0.3 is 0 Å². The van der Waals surface area contributed by atoms with Crippen LogP contribution in [0, 0.1) is 0 Å². The molecule has 0 aliphatic rings. The first-order valence-corrected chi connectivity index (χ1v) is 8.59. The van der Waals surface area contributed by atoms with E-state index in [-0.39, 0.29) is 24.0 Å². The Morgan fingerprint density at radius 3 is 2.40 bits per heavy atom. The van der Waals surface area contributed by atoms with E-state index < -0.39 is 0 Å². The fourth-order valence-electron chi connectivity index (χ4n) is 2.87. The van der Waals surface area contributed by atoms with Crippen molar-refractivity contribution < 1.29 is 0 Å². The van der Waals surface area contributed by atoms with E-state index in [0.717, 1.165) is 25.3 Å². The van der Waals surface area contributed by atoms with E-state index in [2.05, 4.69) is 36.4 Å². The summed E-state index contributed by atoms with van der Waals surface area (Å²) in [5.41, 5.74) is 4.98. The second-order valence-corrected chi connectivity index (χ2v) is 6.08. The van der Waals surface area contributed by atoms with Crippen LogP contribution in [-0.4, -0.2) is 34.7 Å². The molecular formula is C19H30IN5. The summed E-state index contributed by atoms with van der Waals surface area (Å²) in [4.78, 5) is 6.75. The van der Waals surface area contributed by atoms with Crippen LogP contribution in [0.2, 0.25) is 0 Å². The Morgan fingerprint density at radius 1 is 1.16 bits per heavy atom. The number of aromatic nitrogens is 2. The molecule has 1 N–H and O–H groups in total. The van der Waals surface area contributed by atoms with Gasteiger partial charge in [-0.1, -0.05) is 44.2 Å². The summed E-state index contributed by atoms with van der Waals surface area (Å²) >= 11 is 0. The van der Waals surface area contributed by atoms with Gasteiger partial charge in [0.05, 0.1) is 12.2 Å². The predicted octanol–water partition coefficient (Wildman–Crippen LogP) is 3.37. The van der Waals surface area contributed by atoms with Crippen molar-refractivity contribution in [2.75, 3.05) is 14.1 Å². The van der Waals surface area contributed by atoms with E-state index in [0.29, 0.717) is 6.54 Å². The summed E-state index contributed by atoms with van der Waals surface area (Å²) < 4.78 is 2.01. The van der Waals surface area contributed by atoms with Crippen LogP contribution in [0.25, 0.3) is 0 Å². The Bertz CT molecular complexity index is 677. The fraction of sp³-hybridized carbons (Fsp3) is 0.474. The number of nitrogens with one attached hydrogen (secondary N) is 1. The van der Waals surface area contributed by atoms with Gasteiger partial charge in [-0.25, -0.2) is 4.99 Å². The van der Waals surface area contributed by atoms with Gasteiger partial charge in [-0.05, 0) is 18.4 Å². The number of halogens is 1. The quantitative estimate of drug-likeness (QED) is 0.413. The summed E-state index contributed by atoms with van der Waals surface area (Å²) in [6.07, 6.45) is 1.93. The Labute approximate surface area is 168 Å². The van der Waals surface area contributed by atoms with E-state index >= 15 is 0 Å². The van der Waals surface area contributed by atoms with Crippen LogP contribution in [0.15, 0.2) is 35.3 Å². The third-order valence-corrected chi connectivity index (χ3v) is 4.13. The summed E-state index contributed by atoms with van der Waals surface area (Å²) in [5.74, 6) is 0.895. The van der Waals surface area contributed by atoms with Crippen LogP contribution >= 0.6 is 24.0 Å². The molecular weight excluding hydrogens is 425 g/mol. The molecule has 2 aromatic rings. The monoisotopic (exact) mass is 455 g/mol. The van der Waals surface area contributed by atoms with E-state index in [1.807, 2.05) is 48.9 Å². The van der Waals surface area contributed by atoms with Crippen LogP contribution in [0.5, 0.6) is 0 Å². The topological polar surface area (TPSA) is 45.5 Å². The van der Waals surface area contributed by atoms with Crippen molar-refractivity contribution in [1.82, 2.24) is 20.0 Å². The minimum atomic E-state index is 0. The number of rotatable bonds is 6. The number of hydrogen-bond acceptors (Lipinski definition) is 2. The first kappa shape index (κ1) is 21.5. The predicted molar refractivity (Wildman–Crippen MR) is 115 cm³/mol. The molecule has 25 heavy (non-hydrogen) atoms. The van der Waals surface area contributed by atoms with Crippen molar-refractivity contribution in [2.24, 2.45) is 12.0 Å². The standard InChI is InChI=1S/C19H29N5.HI/c1-6-17-16(18(7-2)24(5)22-17)14-21-19(23(3)4)20-13-15-11-9-8-10-12-15;/h8-12H,6-7,13-14H2,1-5H3,(H,20,21);1H. The molecule has 0 amide bonds. The van der Waals surface area contributed by atoms with Gasteiger partial charge in [0, 0.05) is 38.9 Å². The number of aliphatic imine (C=N–C) groups is 1. The first-order valence-electron chi connectivity index (χ1n) is 8.59. The molecule has 1 aromatic heterocycles. The van der Waals surface area contributed by atoms with Crippen molar-refractivity contribution in [3.8, 4) is 0 Å². The van der Waals surface area contributed by atoms with Crippen LogP contribution in [0.4, 0.5) is 0 Å². The Hall–Kier alpha value is -1.57. The third-order valence-electron chi connectivity index (χ3n) is 4.13. The molecule has 0 atom stereocenters. The normalized spacial score (nSPS) is 11.2. The molecule has 0 spiro atoms. The Morgan fingerprint density at radius 2 is 1.84 bits per heavy atom. The summed E-state index contributed by atoms with van der Waals surface area (Å²) in [6, 6.07) is 10.3. The highest BCUT2D eigenvalue weighted by molar-refractivity contribution is 14.0. The van der Waals surface area contributed by atoms with Gasteiger partial charge < -0.3 is 10.2 Å². The molecule has 6 heteroatoms. The molecule has 1 aromatic carbocycles. The molecule has 0 saturated carbocycles. The van der Waals surface area contributed by atoms with Crippen LogP contribution in [0.1, 0.15) is 36.4 Å². The zero-order valence-corrected chi connectivity index (χ0v) is 18.2. The SMILES string of the molecule is CCc1nn(C)c(CC)c1CNC(=NCc1ccccc1)N(C)C.I. The molecule has 2 rings (SSSR count). The Balaban J connectivity index is 0.00000312. The minimum absolute atomic E-state index is 0. The number of nitrogens with zero attached hydrogens (tertiary/aromatic N) is 4. The molecule has 0 unspecified atom stereocenters. The van der Waals surface area contributed by atoms with Gasteiger partial charge in [0.15, 0.2) is 5.96 Å². The maximum Gasteiger partial charge on any atom is 0.194 e. The maximum absolute atomic E-state index is 4.73. The van der Waals surface area contributed by atoms with Gasteiger partial charge in [-0.3, -0.25) is 4.68 Å². The summed E-state index contributed by atoms with van der Waals surface area (Å²) in [5, 5.41) is 8.13. The highest BCUT2D eigenvalue weighted by atomic mass is 127. The number of hydrogen-bond donors (Lipinski definition) is 1. The smallest absolute Gasteiger partial charge is 0.194 e. The fourth-order valence-corrected chi connectivity index (χ4v) is 2.87. The van der Waals surface area contributed by atoms with Gasteiger partial charge in [-0.2, -0.15) is 5.10 Å². The highest BCUT2D eigenvalue weighted by Crippen LogP contribution is 2.15. The van der Waals surface area contributed by atoms with Crippen molar-refractivity contribution in [3.63, 3.8) is 0 Å². The summed E-state index contributed by atoms with van der Waals surface area (Å²) in [7, 11) is 6.06. The summed E-state index contributed by atoms with van der Waals surface area (Å²) in [6.45, 7) is 5.76. The second-order valence-electron chi connectivity index (χ2n) is 6.08. The zero-order chi connectivity index (χ0) is 17.5. The van der Waals surface area contributed by atoms with Gasteiger partial charge in [0.1, 0.15) is 0 Å². The van der Waals surface area contributed by atoms with Gasteiger partial charge in [-0.15, -0.1) is 24.0 Å². The molecule has 138 valence electrons. The average Bonchev–Trinajstić information content (AvgIpc) is 2.90. The molecule has 0 bridgehead atoms. The lowest BCUT2D eigenvalue weighted by Crippen LogP contribution is -2.36. The van der Waals surface area contributed by atoms with Crippen molar-refractivity contribution in [2.45, 2.75) is 39.8 Å². The minimum Gasteiger partial charge on any atom is -0.352 e. The van der Waals surface area contributed by atoms with Crippen LogP contribution < -0.4 is 5.32 Å². The zero-order valence-electron chi connectivity index (χ0n) is 15.9. The lowest BCUT2D eigenvalue weighted by molar-refractivity contribution is 0.577. The Kier molecular flexibility index (Phi) is 8.96. The molecule has 1 heterocycles. The largest absolute Gasteiger partial charge is 0.352 e. The lowest BCUT2D eigenvalue weighted by Gasteiger charge is -2.18. The van der Waals surface area contributed by atoms with Crippen molar-refractivity contribution in [3.05, 3.63) is 52.8 Å². The van der Waals surface area contributed by atoms with Crippen LogP contribution in [0.3, 0.4) is 0 Å². The maximum atomic E-state index is 4.73. The second kappa shape index (κ2) is 10.4. The van der Waals surface area contributed by atoms with E-state index in [1.165, 1.54) is 22.5 Å². The van der Waals surface area contributed by atoms with E-state index in [9.17, 15) is 0 Å². The van der Waals surface area contributed by atoms with Gasteiger partial charge in [0.2, 0.25) is 0 Å². The van der Waals surface area contributed by atoms with Crippen LogP contribution in [-0.2, 0) is 33.0 Å². The van der Waals surface area contributed by atoms with Crippen molar-refractivity contribution >= 4 is 29.9 Å².